The van der Waals surface area contributed by atoms with Gasteiger partial charge in [0.2, 0.25) is 0 Å². The molecule has 106 valence electrons. The standard InChI is InChI=1S/C13H18F3N3/c1-19(9-13(14,15)16)8-12-3-2-10(7-18-12)6-17-11-4-5-11/h2-3,7,11,17H,4-6,8-9H2,1H3. The van der Waals surface area contributed by atoms with Gasteiger partial charge >= 0.3 is 6.18 Å². The van der Waals surface area contributed by atoms with Crippen LogP contribution < -0.4 is 5.32 Å². The van der Waals surface area contributed by atoms with Crippen molar-refractivity contribution in [3.63, 3.8) is 0 Å². The van der Waals surface area contributed by atoms with E-state index < -0.39 is 12.7 Å². The number of nitrogens with zero attached hydrogens (tertiary/aromatic N) is 2. The van der Waals surface area contributed by atoms with Crippen molar-refractivity contribution in [3.05, 3.63) is 29.6 Å². The van der Waals surface area contributed by atoms with Crippen LogP contribution in [-0.4, -0.2) is 35.7 Å². The van der Waals surface area contributed by atoms with E-state index in [1.807, 2.05) is 6.07 Å². The largest absolute Gasteiger partial charge is 0.401 e. The van der Waals surface area contributed by atoms with Crippen molar-refractivity contribution in [2.75, 3.05) is 13.6 Å². The molecule has 1 aliphatic carbocycles. The topological polar surface area (TPSA) is 28.2 Å². The molecule has 1 saturated carbocycles. The second-order valence-corrected chi connectivity index (χ2v) is 5.10. The monoisotopic (exact) mass is 273 g/mol. The molecule has 1 aromatic heterocycles. The lowest BCUT2D eigenvalue weighted by Crippen LogP contribution is -2.30. The van der Waals surface area contributed by atoms with Gasteiger partial charge in [-0.15, -0.1) is 0 Å². The first kappa shape index (κ1) is 14.3. The first-order chi connectivity index (χ1) is 8.92. The van der Waals surface area contributed by atoms with Gasteiger partial charge in [0.15, 0.2) is 0 Å². The summed E-state index contributed by atoms with van der Waals surface area (Å²) in [5.74, 6) is 0. The lowest BCUT2D eigenvalue weighted by Gasteiger charge is -2.18. The van der Waals surface area contributed by atoms with E-state index in [2.05, 4.69) is 10.3 Å². The molecule has 3 nitrogen and oxygen atoms in total. The second-order valence-electron chi connectivity index (χ2n) is 5.10. The average molecular weight is 273 g/mol. The Bertz CT molecular complexity index is 399. The molecular formula is C13H18F3N3. The second kappa shape index (κ2) is 5.88. The third-order valence-corrected chi connectivity index (χ3v) is 2.94. The molecule has 0 atom stereocenters. The number of nitrogens with one attached hydrogen (secondary N) is 1. The van der Waals surface area contributed by atoms with E-state index in [0.717, 1.165) is 12.1 Å². The smallest absolute Gasteiger partial charge is 0.310 e. The van der Waals surface area contributed by atoms with Gasteiger partial charge in [0.25, 0.3) is 0 Å². The summed E-state index contributed by atoms with van der Waals surface area (Å²) in [5.41, 5.74) is 1.72. The molecule has 2 rings (SSSR count). The molecular weight excluding hydrogens is 255 g/mol. The van der Waals surface area contributed by atoms with Gasteiger partial charge in [-0.2, -0.15) is 13.2 Å². The summed E-state index contributed by atoms with van der Waals surface area (Å²) < 4.78 is 36.6. The van der Waals surface area contributed by atoms with Gasteiger partial charge in [-0.05, 0) is 31.5 Å². The summed E-state index contributed by atoms with van der Waals surface area (Å²) in [5, 5.41) is 3.37. The zero-order chi connectivity index (χ0) is 13.9. The third kappa shape index (κ3) is 5.57. The molecule has 1 aliphatic rings. The highest BCUT2D eigenvalue weighted by molar-refractivity contribution is 5.14. The Hall–Kier alpha value is -1.14. The molecule has 1 N–H and O–H groups in total. The number of alkyl halides is 3. The van der Waals surface area contributed by atoms with Crippen LogP contribution in [0.3, 0.4) is 0 Å². The van der Waals surface area contributed by atoms with Crippen molar-refractivity contribution < 1.29 is 13.2 Å². The lowest BCUT2D eigenvalue weighted by atomic mass is 10.2. The minimum absolute atomic E-state index is 0.204. The van der Waals surface area contributed by atoms with Gasteiger partial charge in [0.1, 0.15) is 0 Å². The first-order valence-electron chi connectivity index (χ1n) is 6.35. The van der Waals surface area contributed by atoms with Crippen LogP contribution >= 0.6 is 0 Å². The summed E-state index contributed by atoms with van der Waals surface area (Å²) >= 11 is 0. The summed E-state index contributed by atoms with van der Waals surface area (Å²) in [6, 6.07) is 4.34. The van der Waals surface area contributed by atoms with E-state index >= 15 is 0 Å². The molecule has 6 heteroatoms. The highest BCUT2D eigenvalue weighted by Gasteiger charge is 2.29. The van der Waals surface area contributed by atoms with Crippen molar-refractivity contribution in [2.24, 2.45) is 0 Å². The Morgan fingerprint density at radius 3 is 2.63 bits per heavy atom. The van der Waals surface area contributed by atoms with Gasteiger partial charge in [-0.25, -0.2) is 0 Å². The summed E-state index contributed by atoms with van der Waals surface area (Å²) in [4.78, 5) is 5.41. The van der Waals surface area contributed by atoms with Crippen molar-refractivity contribution in [1.82, 2.24) is 15.2 Å². The van der Waals surface area contributed by atoms with Crippen molar-refractivity contribution in [1.29, 1.82) is 0 Å². The number of hydrogen-bond acceptors (Lipinski definition) is 3. The highest BCUT2D eigenvalue weighted by atomic mass is 19.4. The van der Waals surface area contributed by atoms with Crippen LogP contribution in [0.5, 0.6) is 0 Å². The van der Waals surface area contributed by atoms with E-state index in [-0.39, 0.29) is 6.54 Å². The lowest BCUT2D eigenvalue weighted by molar-refractivity contribution is -0.144. The van der Waals surface area contributed by atoms with Gasteiger partial charge in [0.05, 0.1) is 12.2 Å². The molecule has 1 fully saturated rings. The fourth-order valence-electron chi connectivity index (χ4n) is 1.84. The van der Waals surface area contributed by atoms with Gasteiger partial charge < -0.3 is 5.32 Å². The predicted molar refractivity (Wildman–Crippen MR) is 66.5 cm³/mol. The third-order valence-electron chi connectivity index (χ3n) is 2.94. The SMILES string of the molecule is CN(Cc1ccc(CNC2CC2)cn1)CC(F)(F)F. The number of hydrogen-bond donors (Lipinski definition) is 1. The van der Waals surface area contributed by atoms with E-state index in [0.29, 0.717) is 11.7 Å². The highest BCUT2D eigenvalue weighted by Crippen LogP contribution is 2.19. The normalized spacial score (nSPS) is 16.1. The predicted octanol–water partition coefficient (Wildman–Crippen LogP) is 2.33. The van der Waals surface area contributed by atoms with Gasteiger partial charge in [-0.3, -0.25) is 9.88 Å². The number of halogens is 3. The molecule has 1 heterocycles. The molecule has 0 amide bonds. The van der Waals surface area contributed by atoms with Gasteiger partial charge in [0, 0.05) is 25.3 Å². The van der Waals surface area contributed by atoms with E-state index in [9.17, 15) is 13.2 Å². The van der Waals surface area contributed by atoms with Crippen LogP contribution in [0.15, 0.2) is 18.3 Å². The Labute approximate surface area is 110 Å². The zero-order valence-corrected chi connectivity index (χ0v) is 10.9. The van der Waals surface area contributed by atoms with Crippen molar-refractivity contribution in [3.8, 4) is 0 Å². The van der Waals surface area contributed by atoms with Crippen LogP contribution in [0.25, 0.3) is 0 Å². The Morgan fingerprint density at radius 2 is 2.11 bits per heavy atom. The summed E-state index contributed by atoms with van der Waals surface area (Å²) in [7, 11) is 1.44. The van der Waals surface area contributed by atoms with Crippen molar-refractivity contribution >= 4 is 0 Å². The molecule has 0 aromatic carbocycles. The number of rotatable bonds is 6. The van der Waals surface area contributed by atoms with Crippen LogP contribution in [0, 0.1) is 0 Å². The fraction of sp³-hybridized carbons (Fsp3) is 0.615. The van der Waals surface area contributed by atoms with Gasteiger partial charge in [-0.1, -0.05) is 6.07 Å². The maximum Gasteiger partial charge on any atom is 0.401 e. The number of aromatic nitrogens is 1. The minimum atomic E-state index is -4.16. The quantitative estimate of drug-likeness (QED) is 0.862. The van der Waals surface area contributed by atoms with Crippen LogP contribution in [0.4, 0.5) is 13.2 Å². The molecule has 0 unspecified atom stereocenters. The van der Waals surface area contributed by atoms with Crippen LogP contribution in [-0.2, 0) is 13.1 Å². The van der Waals surface area contributed by atoms with E-state index in [1.54, 1.807) is 12.3 Å². The molecule has 0 spiro atoms. The average Bonchev–Trinajstić information content (AvgIpc) is 3.09. The first-order valence-corrected chi connectivity index (χ1v) is 6.35. The fourth-order valence-corrected chi connectivity index (χ4v) is 1.84. The molecule has 0 aliphatic heterocycles. The maximum atomic E-state index is 12.2. The summed E-state index contributed by atoms with van der Waals surface area (Å²) in [6.45, 7) is 0.0614. The van der Waals surface area contributed by atoms with Crippen LogP contribution in [0.2, 0.25) is 0 Å². The summed E-state index contributed by atoms with van der Waals surface area (Å²) in [6.07, 6.45) is 0.0243. The molecule has 0 saturated heterocycles. The maximum absolute atomic E-state index is 12.2. The molecule has 0 radical (unpaired) electrons. The zero-order valence-electron chi connectivity index (χ0n) is 10.9. The number of pyridine rings is 1. The van der Waals surface area contributed by atoms with Crippen LogP contribution in [0.1, 0.15) is 24.1 Å². The van der Waals surface area contributed by atoms with Crippen molar-refractivity contribution in [2.45, 2.75) is 38.1 Å². The molecule has 0 bridgehead atoms. The molecule has 1 aromatic rings. The Kier molecular flexibility index (Phi) is 4.42. The molecule has 19 heavy (non-hydrogen) atoms. The minimum Gasteiger partial charge on any atom is -0.310 e. The Balaban J connectivity index is 1.80. The van der Waals surface area contributed by atoms with E-state index in [4.69, 9.17) is 0 Å². The Morgan fingerprint density at radius 1 is 1.37 bits per heavy atom. The van der Waals surface area contributed by atoms with E-state index in [1.165, 1.54) is 24.8 Å².